The van der Waals surface area contributed by atoms with Gasteiger partial charge in [0.25, 0.3) is 0 Å². The van der Waals surface area contributed by atoms with Gasteiger partial charge in [0.15, 0.2) is 0 Å². The van der Waals surface area contributed by atoms with Crippen LogP contribution in [0.4, 0.5) is 5.69 Å². The van der Waals surface area contributed by atoms with Crippen molar-refractivity contribution >= 4 is 5.69 Å². The number of hydrogen-bond donors (Lipinski definition) is 1. The molecule has 18 heavy (non-hydrogen) atoms. The number of nitrogens with one attached hydrogen (secondary N) is 1. The zero-order valence-electron chi connectivity index (χ0n) is 11.6. The highest BCUT2D eigenvalue weighted by atomic mass is 16.5. The monoisotopic (exact) mass is 247 g/mol. The number of hydrogen-bond acceptors (Lipinski definition) is 2. The van der Waals surface area contributed by atoms with Crippen LogP contribution in [0.25, 0.3) is 0 Å². The van der Waals surface area contributed by atoms with Crippen molar-refractivity contribution in [2.45, 2.75) is 51.5 Å². The van der Waals surface area contributed by atoms with Crippen molar-refractivity contribution in [3.8, 4) is 0 Å². The molecule has 1 N–H and O–H groups in total. The molecule has 1 fully saturated rings. The maximum absolute atomic E-state index is 5.49. The molecule has 0 spiro atoms. The van der Waals surface area contributed by atoms with Crippen LogP contribution < -0.4 is 5.32 Å². The van der Waals surface area contributed by atoms with Crippen molar-refractivity contribution in [1.29, 1.82) is 0 Å². The number of benzene rings is 1. The van der Waals surface area contributed by atoms with E-state index in [9.17, 15) is 0 Å². The summed E-state index contributed by atoms with van der Waals surface area (Å²) in [5, 5.41) is 3.62. The minimum atomic E-state index is 0.571. The minimum Gasteiger partial charge on any atom is -0.382 e. The molecule has 0 amide bonds. The molecule has 0 saturated carbocycles. The van der Waals surface area contributed by atoms with Gasteiger partial charge in [0, 0.05) is 24.9 Å². The lowest BCUT2D eigenvalue weighted by molar-refractivity contribution is 0.144. The normalized spacial score (nSPS) is 22.2. The molecule has 0 bridgehead atoms. The van der Waals surface area contributed by atoms with E-state index in [0.717, 1.165) is 19.6 Å². The van der Waals surface area contributed by atoms with Crippen LogP contribution in [0.5, 0.6) is 0 Å². The molecule has 2 nitrogen and oxygen atoms in total. The van der Waals surface area contributed by atoms with Crippen LogP contribution in [0.15, 0.2) is 24.3 Å². The molecule has 2 atom stereocenters. The molecule has 1 aliphatic rings. The zero-order chi connectivity index (χ0) is 12.8. The van der Waals surface area contributed by atoms with E-state index in [1.165, 1.54) is 30.5 Å². The van der Waals surface area contributed by atoms with E-state index in [4.69, 9.17) is 4.74 Å². The molecule has 2 rings (SSSR count). The third-order valence-corrected chi connectivity index (χ3v) is 3.91. The highest BCUT2D eigenvalue weighted by molar-refractivity contribution is 5.46. The van der Waals surface area contributed by atoms with E-state index in [0.29, 0.717) is 12.0 Å². The van der Waals surface area contributed by atoms with Crippen LogP contribution >= 0.6 is 0 Å². The first-order valence-electron chi connectivity index (χ1n) is 7.24. The fourth-order valence-electron chi connectivity index (χ4n) is 2.43. The Hall–Kier alpha value is -1.02. The van der Waals surface area contributed by atoms with E-state index in [1.807, 2.05) is 0 Å². The van der Waals surface area contributed by atoms with Crippen LogP contribution in [0.2, 0.25) is 0 Å². The topological polar surface area (TPSA) is 21.3 Å². The molecule has 100 valence electrons. The average Bonchev–Trinajstić information content (AvgIpc) is 2.67. The highest BCUT2D eigenvalue weighted by Crippen LogP contribution is 2.22. The first-order valence-corrected chi connectivity index (χ1v) is 7.24. The van der Waals surface area contributed by atoms with Crippen molar-refractivity contribution in [3.05, 3.63) is 29.8 Å². The summed E-state index contributed by atoms with van der Waals surface area (Å²) in [5.74, 6) is 0.658. The summed E-state index contributed by atoms with van der Waals surface area (Å²) in [6.07, 6.45) is 4.70. The lowest BCUT2D eigenvalue weighted by Crippen LogP contribution is -2.19. The Bertz CT molecular complexity index is 339. The molecule has 1 heterocycles. The second kappa shape index (κ2) is 6.79. The van der Waals surface area contributed by atoms with Gasteiger partial charge in [-0.25, -0.2) is 0 Å². The predicted octanol–water partition coefficient (Wildman–Crippen LogP) is 4.18. The van der Waals surface area contributed by atoms with Gasteiger partial charge < -0.3 is 10.1 Å². The van der Waals surface area contributed by atoms with Crippen molar-refractivity contribution in [3.63, 3.8) is 0 Å². The van der Waals surface area contributed by atoms with Crippen molar-refractivity contribution in [2.24, 2.45) is 0 Å². The quantitative estimate of drug-likeness (QED) is 0.861. The standard InChI is InChI=1S/C16H25NO/c1-3-13(2)14-6-8-16(9-7-14)17-15-5-4-11-18-12-10-15/h6-9,13,15,17H,3-5,10-12H2,1-2H3. The minimum absolute atomic E-state index is 0.571. The van der Waals surface area contributed by atoms with Gasteiger partial charge in [0.2, 0.25) is 0 Å². The summed E-state index contributed by atoms with van der Waals surface area (Å²) in [7, 11) is 0. The van der Waals surface area contributed by atoms with Crippen molar-refractivity contribution in [1.82, 2.24) is 0 Å². The maximum atomic E-state index is 5.49. The Morgan fingerprint density at radius 3 is 2.72 bits per heavy atom. The molecule has 2 heteroatoms. The van der Waals surface area contributed by atoms with Gasteiger partial charge in [-0.05, 0) is 49.3 Å². The third-order valence-electron chi connectivity index (χ3n) is 3.91. The van der Waals surface area contributed by atoms with Crippen LogP contribution in [0.1, 0.15) is 51.0 Å². The molecule has 0 aliphatic carbocycles. The summed E-state index contributed by atoms with van der Waals surface area (Å²) in [4.78, 5) is 0. The van der Waals surface area contributed by atoms with Gasteiger partial charge in [-0.15, -0.1) is 0 Å². The summed E-state index contributed by atoms with van der Waals surface area (Å²) in [5.41, 5.74) is 2.68. The molecule has 1 saturated heterocycles. The largest absolute Gasteiger partial charge is 0.382 e. The van der Waals surface area contributed by atoms with E-state index >= 15 is 0 Å². The number of ether oxygens (including phenoxy) is 1. The van der Waals surface area contributed by atoms with Gasteiger partial charge in [-0.3, -0.25) is 0 Å². The number of anilines is 1. The Balaban J connectivity index is 1.92. The Labute approximate surface area is 111 Å². The first kappa shape index (κ1) is 13.4. The van der Waals surface area contributed by atoms with E-state index in [-0.39, 0.29) is 0 Å². The van der Waals surface area contributed by atoms with E-state index in [2.05, 4.69) is 43.4 Å². The Kier molecular flexibility index (Phi) is 5.06. The highest BCUT2D eigenvalue weighted by Gasteiger charge is 2.12. The molecule has 0 aromatic heterocycles. The van der Waals surface area contributed by atoms with Crippen molar-refractivity contribution in [2.75, 3.05) is 18.5 Å². The fraction of sp³-hybridized carbons (Fsp3) is 0.625. The molecule has 1 aromatic carbocycles. The van der Waals surface area contributed by atoms with Crippen LogP contribution in [0, 0.1) is 0 Å². The molecule has 2 unspecified atom stereocenters. The van der Waals surface area contributed by atoms with E-state index in [1.54, 1.807) is 0 Å². The molecular formula is C16H25NO. The zero-order valence-corrected chi connectivity index (χ0v) is 11.6. The summed E-state index contributed by atoms with van der Waals surface area (Å²) < 4.78 is 5.49. The fourth-order valence-corrected chi connectivity index (χ4v) is 2.43. The molecular weight excluding hydrogens is 222 g/mol. The van der Waals surface area contributed by atoms with Gasteiger partial charge in [0.1, 0.15) is 0 Å². The smallest absolute Gasteiger partial charge is 0.0485 e. The third kappa shape index (κ3) is 3.74. The Morgan fingerprint density at radius 1 is 1.22 bits per heavy atom. The van der Waals surface area contributed by atoms with Crippen LogP contribution in [-0.4, -0.2) is 19.3 Å². The molecule has 1 aliphatic heterocycles. The van der Waals surface area contributed by atoms with E-state index < -0.39 is 0 Å². The van der Waals surface area contributed by atoms with Crippen LogP contribution in [0.3, 0.4) is 0 Å². The maximum Gasteiger partial charge on any atom is 0.0485 e. The van der Waals surface area contributed by atoms with Gasteiger partial charge in [-0.2, -0.15) is 0 Å². The molecule has 1 aromatic rings. The van der Waals surface area contributed by atoms with Crippen LogP contribution in [-0.2, 0) is 4.74 Å². The van der Waals surface area contributed by atoms with Gasteiger partial charge >= 0.3 is 0 Å². The Morgan fingerprint density at radius 2 is 2.00 bits per heavy atom. The average molecular weight is 247 g/mol. The summed E-state index contributed by atoms with van der Waals surface area (Å²) in [6.45, 7) is 6.33. The first-order chi connectivity index (χ1) is 8.79. The SMILES string of the molecule is CCC(C)c1ccc(NC2CCCOCC2)cc1. The lowest BCUT2D eigenvalue weighted by Gasteiger charge is -2.18. The molecule has 0 radical (unpaired) electrons. The van der Waals surface area contributed by atoms with Crippen molar-refractivity contribution < 1.29 is 4.74 Å². The van der Waals surface area contributed by atoms with Gasteiger partial charge in [-0.1, -0.05) is 26.0 Å². The summed E-state index contributed by atoms with van der Waals surface area (Å²) in [6, 6.07) is 9.51. The second-order valence-electron chi connectivity index (χ2n) is 5.32. The summed E-state index contributed by atoms with van der Waals surface area (Å²) >= 11 is 0. The predicted molar refractivity (Wildman–Crippen MR) is 77.2 cm³/mol. The second-order valence-corrected chi connectivity index (χ2v) is 5.32. The lowest BCUT2D eigenvalue weighted by atomic mass is 9.98. The van der Waals surface area contributed by atoms with Gasteiger partial charge in [0.05, 0.1) is 0 Å². The number of rotatable bonds is 4.